The van der Waals surface area contributed by atoms with E-state index in [0.29, 0.717) is 18.1 Å². The minimum absolute atomic E-state index is 0.0335. The maximum absolute atomic E-state index is 11.3. The number of non-ortho nitro benzene ring substituents is 1. The highest BCUT2D eigenvalue weighted by Crippen LogP contribution is 2.34. The van der Waals surface area contributed by atoms with Crippen LogP contribution >= 0.6 is 11.6 Å². The third kappa shape index (κ3) is 3.22. The average molecular weight is 365 g/mol. The molecule has 0 unspecified atom stereocenters. The van der Waals surface area contributed by atoms with Crippen LogP contribution in [0.2, 0.25) is 5.02 Å². The summed E-state index contributed by atoms with van der Waals surface area (Å²) in [5, 5.41) is 11.2. The van der Waals surface area contributed by atoms with Crippen LogP contribution in [0.1, 0.15) is 29.4 Å². The van der Waals surface area contributed by atoms with Crippen molar-refractivity contribution < 1.29 is 9.72 Å². The van der Waals surface area contributed by atoms with Gasteiger partial charge in [0.1, 0.15) is 5.82 Å². The van der Waals surface area contributed by atoms with Gasteiger partial charge in [0.2, 0.25) is 0 Å². The van der Waals surface area contributed by atoms with Crippen LogP contribution in [0.5, 0.6) is 0 Å². The highest BCUT2D eigenvalue weighted by atomic mass is 35.5. The van der Waals surface area contributed by atoms with Crippen LogP contribution in [0.3, 0.4) is 0 Å². The fourth-order valence-electron chi connectivity index (χ4n) is 3.10. The molecule has 1 aliphatic heterocycles. The number of primary amides is 1. The highest BCUT2D eigenvalue weighted by Gasteiger charge is 2.25. The summed E-state index contributed by atoms with van der Waals surface area (Å²) in [7, 11) is 0. The molecule has 1 aromatic carbocycles. The molecule has 0 spiro atoms. The van der Waals surface area contributed by atoms with Crippen molar-refractivity contribution in [2.75, 3.05) is 23.7 Å². The quantitative estimate of drug-likeness (QED) is 0.629. The molecule has 0 bridgehead atoms. The standard InChI is InChI=1S/C15H17ClN6O3/c16-11-7-10(22(24)25)1-2-12(11)20-5-3-9(4-6-20)21-8-19-13(14(21)17)15(18)23/h1-2,7-9H,3-6,17H2,(H2,18,23). The van der Waals surface area contributed by atoms with Gasteiger partial charge in [-0.3, -0.25) is 14.9 Å². The number of nitrogens with zero attached hydrogens (tertiary/aromatic N) is 4. The first kappa shape index (κ1) is 17.0. The highest BCUT2D eigenvalue weighted by molar-refractivity contribution is 6.33. The van der Waals surface area contributed by atoms with Crippen molar-refractivity contribution in [3.63, 3.8) is 0 Å². The molecule has 2 aromatic rings. The van der Waals surface area contributed by atoms with Crippen molar-refractivity contribution in [2.24, 2.45) is 5.73 Å². The number of aromatic nitrogens is 2. The zero-order chi connectivity index (χ0) is 18.1. The Hall–Kier alpha value is -2.81. The SMILES string of the molecule is NC(=O)c1ncn(C2CCN(c3ccc([N+](=O)[O-])cc3Cl)CC2)c1N. The summed E-state index contributed by atoms with van der Waals surface area (Å²) in [6, 6.07) is 4.57. The summed E-state index contributed by atoms with van der Waals surface area (Å²) in [5.74, 6) is -0.370. The molecular formula is C15H17ClN6O3. The van der Waals surface area contributed by atoms with Crippen LogP contribution in [0, 0.1) is 10.1 Å². The lowest BCUT2D eigenvalue weighted by Crippen LogP contribution is -2.35. The minimum Gasteiger partial charge on any atom is -0.383 e. The number of nitrogen functional groups attached to an aromatic ring is 1. The van der Waals surface area contributed by atoms with Gasteiger partial charge in [0, 0.05) is 31.3 Å². The second kappa shape index (κ2) is 6.60. The number of benzene rings is 1. The maximum atomic E-state index is 11.3. The Morgan fingerprint density at radius 2 is 2.04 bits per heavy atom. The summed E-state index contributed by atoms with van der Waals surface area (Å²) >= 11 is 6.19. The van der Waals surface area contributed by atoms with Gasteiger partial charge in [-0.1, -0.05) is 11.6 Å². The van der Waals surface area contributed by atoms with Crippen LogP contribution in [0.4, 0.5) is 17.2 Å². The molecule has 1 aromatic heterocycles. The first-order valence-electron chi connectivity index (χ1n) is 7.69. The summed E-state index contributed by atoms with van der Waals surface area (Å²) < 4.78 is 1.77. The van der Waals surface area contributed by atoms with E-state index in [1.165, 1.54) is 18.5 Å². The fraction of sp³-hybridized carbons (Fsp3) is 0.333. The number of imidazole rings is 1. The molecule has 0 saturated carbocycles. The van der Waals surface area contributed by atoms with Crippen LogP contribution in [-0.2, 0) is 0 Å². The molecule has 25 heavy (non-hydrogen) atoms. The number of hydrogen-bond donors (Lipinski definition) is 2. The van der Waals surface area contributed by atoms with Crippen molar-refractivity contribution in [1.29, 1.82) is 0 Å². The Morgan fingerprint density at radius 3 is 2.56 bits per heavy atom. The largest absolute Gasteiger partial charge is 0.383 e. The van der Waals surface area contributed by atoms with E-state index in [1.807, 2.05) is 0 Å². The van der Waals surface area contributed by atoms with Gasteiger partial charge in [-0.05, 0) is 18.9 Å². The first-order chi connectivity index (χ1) is 11.9. The third-order valence-corrected chi connectivity index (χ3v) is 4.71. The van der Waals surface area contributed by atoms with E-state index in [0.717, 1.165) is 18.5 Å². The Balaban J connectivity index is 1.72. The van der Waals surface area contributed by atoms with Gasteiger partial charge in [-0.25, -0.2) is 4.98 Å². The van der Waals surface area contributed by atoms with Gasteiger partial charge in [-0.15, -0.1) is 0 Å². The molecule has 0 radical (unpaired) electrons. The fourth-order valence-corrected chi connectivity index (χ4v) is 3.40. The molecule has 1 amide bonds. The van der Waals surface area contributed by atoms with E-state index in [9.17, 15) is 14.9 Å². The van der Waals surface area contributed by atoms with E-state index < -0.39 is 10.8 Å². The number of carbonyl (C=O) groups is 1. The van der Waals surface area contributed by atoms with Gasteiger partial charge in [-0.2, -0.15) is 0 Å². The van der Waals surface area contributed by atoms with Crippen LogP contribution in [0.25, 0.3) is 0 Å². The average Bonchev–Trinajstić information content (AvgIpc) is 2.96. The lowest BCUT2D eigenvalue weighted by molar-refractivity contribution is -0.384. The molecule has 0 atom stereocenters. The van der Waals surface area contributed by atoms with E-state index in [4.69, 9.17) is 23.1 Å². The summed E-state index contributed by atoms with van der Waals surface area (Å²) in [4.78, 5) is 27.6. The molecule has 1 saturated heterocycles. The summed E-state index contributed by atoms with van der Waals surface area (Å²) in [6.45, 7) is 1.40. The smallest absolute Gasteiger partial charge is 0.271 e. The Morgan fingerprint density at radius 1 is 1.36 bits per heavy atom. The van der Waals surface area contributed by atoms with E-state index in [2.05, 4.69) is 9.88 Å². The number of carbonyl (C=O) groups excluding carboxylic acids is 1. The summed E-state index contributed by atoms with van der Waals surface area (Å²) in [6.07, 6.45) is 3.08. The molecule has 1 aliphatic rings. The van der Waals surface area contributed by atoms with Gasteiger partial charge in [0.25, 0.3) is 11.6 Å². The van der Waals surface area contributed by atoms with Crippen molar-refractivity contribution in [3.05, 3.63) is 45.4 Å². The van der Waals surface area contributed by atoms with Gasteiger partial charge < -0.3 is 20.9 Å². The number of nitrogens with two attached hydrogens (primary N) is 2. The lowest BCUT2D eigenvalue weighted by atomic mass is 10.0. The number of halogens is 1. The first-order valence-corrected chi connectivity index (χ1v) is 8.07. The summed E-state index contributed by atoms with van der Waals surface area (Å²) in [5.41, 5.74) is 12.0. The zero-order valence-corrected chi connectivity index (χ0v) is 14.0. The molecule has 10 heteroatoms. The predicted molar refractivity (Wildman–Crippen MR) is 93.7 cm³/mol. The van der Waals surface area contributed by atoms with Crippen molar-refractivity contribution in [3.8, 4) is 0 Å². The van der Waals surface area contributed by atoms with Crippen molar-refractivity contribution >= 4 is 34.7 Å². The predicted octanol–water partition coefficient (Wildman–Crippen LogP) is 1.97. The molecule has 132 valence electrons. The Kier molecular flexibility index (Phi) is 4.49. The molecule has 4 N–H and O–H groups in total. The third-order valence-electron chi connectivity index (χ3n) is 4.41. The molecular weight excluding hydrogens is 348 g/mol. The van der Waals surface area contributed by atoms with Crippen molar-refractivity contribution in [1.82, 2.24) is 9.55 Å². The molecule has 3 rings (SSSR count). The minimum atomic E-state index is -0.647. The molecule has 1 fully saturated rings. The number of piperidine rings is 1. The number of rotatable bonds is 4. The second-order valence-corrected chi connectivity index (χ2v) is 6.27. The maximum Gasteiger partial charge on any atom is 0.271 e. The zero-order valence-electron chi connectivity index (χ0n) is 13.3. The van der Waals surface area contributed by atoms with Crippen LogP contribution in [-0.4, -0.2) is 33.5 Å². The van der Waals surface area contributed by atoms with Gasteiger partial charge >= 0.3 is 0 Å². The molecule has 2 heterocycles. The number of nitro benzene ring substituents is 1. The Labute approximate surface area is 148 Å². The normalized spacial score (nSPS) is 15.3. The Bertz CT molecular complexity index is 829. The van der Waals surface area contributed by atoms with Crippen LogP contribution in [0.15, 0.2) is 24.5 Å². The van der Waals surface area contributed by atoms with Gasteiger partial charge in [0.05, 0.1) is 22.0 Å². The van der Waals surface area contributed by atoms with Gasteiger partial charge in [0.15, 0.2) is 5.69 Å². The number of anilines is 2. The molecule has 0 aliphatic carbocycles. The van der Waals surface area contributed by atoms with Crippen molar-refractivity contribution in [2.45, 2.75) is 18.9 Å². The number of hydrogen-bond acceptors (Lipinski definition) is 6. The van der Waals surface area contributed by atoms with Crippen LogP contribution < -0.4 is 16.4 Å². The van der Waals surface area contributed by atoms with E-state index in [1.54, 1.807) is 10.6 Å². The number of nitro groups is 1. The number of amides is 1. The van der Waals surface area contributed by atoms with E-state index in [-0.39, 0.29) is 23.2 Å². The topological polar surface area (TPSA) is 133 Å². The second-order valence-electron chi connectivity index (χ2n) is 5.86. The van der Waals surface area contributed by atoms with E-state index >= 15 is 0 Å². The lowest BCUT2D eigenvalue weighted by Gasteiger charge is -2.34. The monoisotopic (exact) mass is 364 g/mol. The molecule has 9 nitrogen and oxygen atoms in total.